The van der Waals surface area contributed by atoms with Gasteiger partial charge in [0.05, 0.1) is 11.8 Å². The van der Waals surface area contributed by atoms with Gasteiger partial charge < -0.3 is 19.8 Å². The number of alkyl halides is 3. The van der Waals surface area contributed by atoms with E-state index in [1.807, 2.05) is 0 Å². The summed E-state index contributed by atoms with van der Waals surface area (Å²) in [5.74, 6) is -0.454. The molecule has 3 rings (SSSR count). The topological polar surface area (TPSA) is 80.6 Å². The Kier molecular flexibility index (Phi) is 6.41. The molecule has 2 N–H and O–H groups in total. The standard InChI is InChI=1S/C21H17F3N2O4/c22-21(23,24)15-5-1-4-14(10-15)12-25-19(27)13-30-17-7-2-6-16(11-17)26-20(28)18-8-3-9-29-18/h1-11H,12-13H2,(H,25,27)(H,26,28). The van der Waals surface area contributed by atoms with Gasteiger partial charge in [0, 0.05) is 18.3 Å². The second-order valence-electron chi connectivity index (χ2n) is 6.22. The van der Waals surface area contributed by atoms with E-state index in [2.05, 4.69) is 10.6 Å². The molecule has 0 aliphatic heterocycles. The number of benzene rings is 2. The highest BCUT2D eigenvalue weighted by Gasteiger charge is 2.30. The first kappa shape index (κ1) is 21.0. The molecule has 156 valence electrons. The van der Waals surface area contributed by atoms with E-state index in [1.54, 1.807) is 24.3 Å². The van der Waals surface area contributed by atoms with Gasteiger partial charge in [-0.15, -0.1) is 0 Å². The highest BCUT2D eigenvalue weighted by Crippen LogP contribution is 2.29. The maximum atomic E-state index is 12.7. The van der Waals surface area contributed by atoms with Crippen LogP contribution in [0.3, 0.4) is 0 Å². The van der Waals surface area contributed by atoms with Crippen molar-refractivity contribution in [2.45, 2.75) is 12.7 Å². The summed E-state index contributed by atoms with van der Waals surface area (Å²) in [6.07, 6.45) is -3.06. The quantitative estimate of drug-likeness (QED) is 0.601. The summed E-state index contributed by atoms with van der Waals surface area (Å²) in [5.41, 5.74) is -0.0157. The Morgan fingerprint density at radius 3 is 2.53 bits per heavy atom. The van der Waals surface area contributed by atoms with Crippen molar-refractivity contribution < 1.29 is 31.9 Å². The van der Waals surface area contributed by atoms with Crippen LogP contribution in [0.25, 0.3) is 0 Å². The molecule has 0 radical (unpaired) electrons. The van der Waals surface area contributed by atoms with E-state index in [-0.39, 0.29) is 18.9 Å². The molecular weight excluding hydrogens is 401 g/mol. The lowest BCUT2D eigenvalue weighted by molar-refractivity contribution is -0.137. The van der Waals surface area contributed by atoms with E-state index >= 15 is 0 Å². The zero-order valence-corrected chi connectivity index (χ0v) is 15.5. The number of anilines is 1. The predicted molar refractivity (Wildman–Crippen MR) is 102 cm³/mol. The van der Waals surface area contributed by atoms with E-state index in [4.69, 9.17) is 9.15 Å². The van der Waals surface area contributed by atoms with Crippen LogP contribution in [0.15, 0.2) is 71.3 Å². The minimum atomic E-state index is -4.44. The largest absolute Gasteiger partial charge is 0.484 e. The SMILES string of the molecule is O=C(COc1cccc(NC(=O)c2ccco2)c1)NCc1cccc(C(F)(F)F)c1. The van der Waals surface area contributed by atoms with Crippen molar-refractivity contribution in [1.82, 2.24) is 5.32 Å². The highest BCUT2D eigenvalue weighted by molar-refractivity contribution is 6.02. The Labute approximate surface area is 169 Å². The Morgan fingerprint density at radius 2 is 1.80 bits per heavy atom. The van der Waals surface area contributed by atoms with Gasteiger partial charge in [0.1, 0.15) is 5.75 Å². The van der Waals surface area contributed by atoms with E-state index in [0.29, 0.717) is 17.0 Å². The average molecular weight is 418 g/mol. The molecule has 2 aromatic carbocycles. The summed E-state index contributed by atoms with van der Waals surface area (Å²) in [4.78, 5) is 23.9. The van der Waals surface area contributed by atoms with Gasteiger partial charge in [-0.05, 0) is 42.0 Å². The molecule has 0 unspecified atom stereocenters. The monoisotopic (exact) mass is 418 g/mol. The minimum Gasteiger partial charge on any atom is -0.484 e. The number of rotatable bonds is 7. The van der Waals surface area contributed by atoms with E-state index in [0.717, 1.165) is 12.1 Å². The summed E-state index contributed by atoms with van der Waals surface area (Å²) in [6.45, 7) is -0.403. The normalized spacial score (nSPS) is 11.0. The zero-order valence-electron chi connectivity index (χ0n) is 15.5. The van der Waals surface area contributed by atoms with Crippen LogP contribution in [0.4, 0.5) is 18.9 Å². The fourth-order valence-corrected chi connectivity index (χ4v) is 2.52. The molecule has 0 bridgehead atoms. The molecule has 30 heavy (non-hydrogen) atoms. The van der Waals surface area contributed by atoms with Gasteiger partial charge >= 0.3 is 6.18 Å². The van der Waals surface area contributed by atoms with Crippen molar-refractivity contribution in [2.24, 2.45) is 0 Å². The first-order valence-corrected chi connectivity index (χ1v) is 8.82. The maximum Gasteiger partial charge on any atom is 0.416 e. The van der Waals surface area contributed by atoms with E-state index in [9.17, 15) is 22.8 Å². The van der Waals surface area contributed by atoms with Crippen molar-refractivity contribution in [3.8, 4) is 5.75 Å². The Bertz CT molecular complexity index is 1020. The number of furan rings is 1. The number of amides is 2. The third kappa shape index (κ3) is 5.87. The molecule has 0 saturated heterocycles. The number of hydrogen-bond acceptors (Lipinski definition) is 4. The van der Waals surface area contributed by atoms with Gasteiger partial charge in [-0.3, -0.25) is 9.59 Å². The number of halogens is 3. The molecule has 0 atom stereocenters. The number of carbonyl (C=O) groups excluding carboxylic acids is 2. The summed E-state index contributed by atoms with van der Waals surface area (Å²) in [7, 11) is 0. The summed E-state index contributed by atoms with van der Waals surface area (Å²) in [5, 5.41) is 5.13. The van der Waals surface area contributed by atoms with Gasteiger partial charge in [-0.25, -0.2) is 0 Å². The average Bonchev–Trinajstić information content (AvgIpc) is 3.26. The molecule has 9 heteroatoms. The Hall–Kier alpha value is -3.75. The van der Waals surface area contributed by atoms with Crippen molar-refractivity contribution >= 4 is 17.5 Å². The van der Waals surface area contributed by atoms with Crippen molar-refractivity contribution in [2.75, 3.05) is 11.9 Å². The second-order valence-corrected chi connectivity index (χ2v) is 6.22. The summed E-state index contributed by atoms with van der Waals surface area (Å²) in [6, 6.07) is 14.2. The second kappa shape index (κ2) is 9.17. The molecule has 1 heterocycles. The third-order valence-electron chi connectivity index (χ3n) is 3.95. The van der Waals surface area contributed by atoms with Gasteiger partial charge in [0.15, 0.2) is 12.4 Å². The molecule has 6 nitrogen and oxygen atoms in total. The van der Waals surface area contributed by atoms with Crippen molar-refractivity contribution in [3.05, 3.63) is 83.8 Å². The van der Waals surface area contributed by atoms with Crippen LogP contribution in [-0.2, 0) is 17.5 Å². The van der Waals surface area contributed by atoms with Crippen LogP contribution < -0.4 is 15.4 Å². The molecule has 0 aliphatic rings. The Balaban J connectivity index is 1.50. The van der Waals surface area contributed by atoms with Crippen molar-refractivity contribution in [3.63, 3.8) is 0 Å². The number of carbonyl (C=O) groups is 2. The lowest BCUT2D eigenvalue weighted by Gasteiger charge is -2.11. The van der Waals surface area contributed by atoms with Crippen LogP contribution in [-0.4, -0.2) is 18.4 Å². The summed E-state index contributed by atoms with van der Waals surface area (Å²) < 4.78 is 48.6. The van der Waals surface area contributed by atoms with Gasteiger partial charge in [-0.2, -0.15) is 13.2 Å². The van der Waals surface area contributed by atoms with Crippen LogP contribution in [0.1, 0.15) is 21.7 Å². The fraction of sp³-hybridized carbons (Fsp3) is 0.143. The van der Waals surface area contributed by atoms with Gasteiger partial charge in [-0.1, -0.05) is 18.2 Å². The lowest BCUT2D eigenvalue weighted by atomic mass is 10.1. The number of ether oxygens (including phenoxy) is 1. The summed E-state index contributed by atoms with van der Waals surface area (Å²) >= 11 is 0. The number of nitrogens with one attached hydrogen (secondary N) is 2. The number of hydrogen-bond donors (Lipinski definition) is 2. The minimum absolute atomic E-state index is 0.0641. The predicted octanol–water partition coefficient (Wildman–Crippen LogP) is 4.25. The molecule has 2 amide bonds. The first-order chi connectivity index (χ1) is 14.3. The van der Waals surface area contributed by atoms with Crippen LogP contribution in [0.2, 0.25) is 0 Å². The van der Waals surface area contributed by atoms with Gasteiger partial charge in [0.25, 0.3) is 11.8 Å². The maximum absolute atomic E-state index is 12.7. The molecule has 0 saturated carbocycles. The van der Waals surface area contributed by atoms with Gasteiger partial charge in [0.2, 0.25) is 0 Å². The zero-order chi connectivity index (χ0) is 21.6. The highest BCUT2D eigenvalue weighted by atomic mass is 19.4. The van der Waals surface area contributed by atoms with E-state index in [1.165, 1.54) is 30.5 Å². The Morgan fingerprint density at radius 1 is 1.00 bits per heavy atom. The smallest absolute Gasteiger partial charge is 0.416 e. The van der Waals surface area contributed by atoms with Crippen molar-refractivity contribution in [1.29, 1.82) is 0 Å². The van der Waals surface area contributed by atoms with E-state index < -0.39 is 23.6 Å². The molecule has 0 spiro atoms. The molecule has 0 aliphatic carbocycles. The van der Waals surface area contributed by atoms with Crippen LogP contribution >= 0.6 is 0 Å². The van der Waals surface area contributed by atoms with Crippen LogP contribution in [0.5, 0.6) is 5.75 Å². The van der Waals surface area contributed by atoms with Crippen LogP contribution in [0, 0.1) is 0 Å². The molecule has 0 fully saturated rings. The fourth-order valence-electron chi connectivity index (χ4n) is 2.52. The third-order valence-corrected chi connectivity index (χ3v) is 3.95. The molecular formula is C21H17F3N2O4. The molecule has 1 aromatic heterocycles. The lowest BCUT2D eigenvalue weighted by Crippen LogP contribution is -2.28. The first-order valence-electron chi connectivity index (χ1n) is 8.82. The molecule has 3 aromatic rings.